The molecule has 2 aromatic carbocycles. The number of esters is 1. The van der Waals surface area contributed by atoms with Crippen LogP contribution >= 0.6 is 11.8 Å². The topological polar surface area (TPSA) is 77.4 Å². The fourth-order valence-corrected chi connectivity index (χ4v) is 4.24. The molecule has 3 rings (SSSR count). The molecule has 1 fully saturated rings. The lowest BCUT2D eigenvalue weighted by molar-refractivity contribution is -0.122. The lowest BCUT2D eigenvalue weighted by Gasteiger charge is -2.14. The molecule has 34 heavy (non-hydrogen) atoms. The Labute approximate surface area is 204 Å². The summed E-state index contributed by atoms with van der Waals surface area (Å²) in [5.74, 6) is 1.24. The van der Waals surface area contributed by atoms with Gasteiger partial charge >= 0.3 is 5.97 Å². The molecule has 180 valence electrons. The van der Waals surface area contributed by atoms with Crippen LogP contribution in [0.2, 0.25) is 0 Å². The van der Waals surface area contributed by atoms with Gasteiger partial charge < -0.3 is 14.2 Å². The van der Waals surface area contributed by atoms with E-state index in [1.54, 1.807) is 29.2 Å². The number of likely N-dealkylation sites (N-methyl/N-ethyl adjacent to an activating group) is 1. The number of methoxy groups -OCH3 is 1. The van der Waals surface area contributed by atoms with Crippen molar-refractivity contribution in [1.82, 2.24) is 4.90 Å². The van der Waals surface area contributed by atoms with E-state index in [0.717, 1.165) is 5.56 Å². The first-order chi connectivity index (χ1) is 16.4. The second kappa shape index (κ2) is 11.7. The van der Waals surface area contributed by atoms with E-state index in [4.69, 9.17) is 14.2 Å². The quantitative estimate of drug-likeness (QED) is 0.345. The number of carbonyl (C=O) groups is 2. The summed E-state index contributed by atoms with van der Waals surface area (Å²) >= 11 is 1.32. The second-order valence-electron chi connectivity index (χ2n) is 7.94. The first-order valence-electron chi connectivity index (χ1n) is 11.2. The monoisotopic (exact) mass is 482 g/mol. The lowest BCUT2D eigenvalue weighted by Crippen LogP contribution is -2.28. The molecule has 0 spiro atoms. The van der Waals surface area contributed by atoms with E-state index in [9.17, 15) is 9.59 Å². The van der Waals surface area contributed by atoms with Crippen molar-refractivity contribution in [2.45, 2.75) is 27.7 Å². The smallest absolute Gasteiger partial charge is 0.337 e. The van der Waals surface area contributed by atoms with Gasteiger partial charge in [-0.2, -0.15) is 0 Å². The number of amidine groups is 1. The van der Waals surface area contributed by atoms with Crippen LogP contribution in [0, 0.1) is 5.92 Å². The standard InChI is InChI=1S/C26H30N2O5S/c1-6-28-24(29)23(34-26(28)27-20-11-9-19(10-12-20)25(30)31-5)15-18-8-13-21(33-16-17(3)4)22(14-18)32-7-2/h8-15,17H,6-7,16H2,1-5H3/b23-15+,27-26?. The third-order valence-corrected chi connectivity index (χ3v) is 5.86. The van der Waals surface area contributed by atoms with E-state index < -0.39 is 5.97 Å². The summed E-state index contributed by atoms with van der Waals surface area (Å²) in [5.41, 5.74) is 1.93. The minimum atomic E-state index is -0.405. The molecule has 1 aliphatic heterocycles. The predicted molar refractivity (Wildman–Crippen MR) is 136 cm³/mol. The molecule has 0 radical (unpaired) electrons. The van der Waals surface area contributed by atoms with E-state index >= 15 is 0 Å². The molecule has 8 heteroatoms. The lowest BCUT2D eigenvalue weighted by atomic mass is 10.1. The average molecular weight is 483 g/mol. The number of carbonyl (C=O) groups excluding carboxylic acids is 2. The van der Waals surface area contributed by atoms with Gasteiger partial charge in [0.05, 0.1) is 36.5 Å². The minimum Gasteiger partial charge on any atom is -0.490 e. The number of thioether (sulfide) groups is 1. The number of aliphatic imine (C=N–C) groups is 1. The summed E-state index contributed by atoms with van der Waals surface area (Å²) in [4.78, 5) is 31.5. The SMILES string of the molecule is CCOc1cc(/C=C2/SC(=Nc3ccc(C(=O)OC)cc3)N(CC)C2=O)ccc1OCC(C)C. The van der Waals surface area contributed by atoms with Crippen LogP contribution in [0.15, 0.2) is 52.4 Å². The molecule has 1 amide bonds. The summed E-state index contributed by atoms with van der Waals surface area (Å²) in [5, 5.41) is 0.589. The van der Waals surface area contributed by atoms with Gasteiger partial charge in [0.15, 0.2) is 16.7 Å². The summed E-state index contributed by atoms with van der Waals surface area (Å²) in [6.07, 6.45) is 1.84. The maximum absolute atomic E-state index is 13.0. The van der Waals surface area contributed by atoms with Crippen molar-refractivity contribution in [3.8, 4) is 11.5 Å². The Hall–Kier alpha value is -3.26. The molecular weight excluding hydrogens is 452 g/mol. The van der Waals surface area contributed by atoms with E-state index in [1.165, 1.54) is 18.9 Å². The van der Waals surface area contributed by atoms with Crippen molar-refractivity contribution in [3.05, 3.63) is 58.5 Å². The van der Waals surface area contributed by atoms with Crippen LogP contribution in [0.1, 0.15) is 43.6 Å². The van der Waals surface area contributed by atoms with Gasteiger partial charge in [0.2, 0.25) is 0 Å². The van der Waals surface area contributed by atoms with Crippen LogP contribution in [0.5, 0.6) is 11.5 Å². The molecule has 0 aromatic heterocycles. The van der Waals surface area contributed by atoms with E-state index in [1.807, 2.05) is 38.1 Å². The van der Waals surface area contributed by atoms with Gasteiger partial charge in [-0.15, -0.1) is 0 Å². The second-order valence-corrected chi connectivity index (χ2v) is 8.95. The van der Waals surface area contributed by atoms with Crippen LogP contribution in [-0.2, 0) is 9.53 Å². The Kier molecular flexibility index (Phi) is 8.76. The van der Waals surface area contributed by atoms with Crippen molar-refractivity contribution in [2.75, 3.05) is 26.9 Å². The highest BCUT2D eigenvalue weighted by Crippen LogP contribution is 2.36. The van der Waals surface area contributed by atoms with Crippen molar-refractivity contribution >= 4 is 40.6 Å². The predicted octanol–water partition coefficient (Wildman–Crippen LogP) is 5.53. The summed E-state index contributed by atoms with van der Waals surface area (Å²) in [7, 11) is 1.34. The maximum atomic E-state index is 13.0. The number of hydrogen-bond acceptors (Lipinski definition) is 7. The molecule has 1 aliphatic rings. The van der Waals surface area contributed by atoms with Crippen molar-refractivity contribution < 1.29 is 23.8 Å². The minimum absolute atomic E-state index is 0.101. The largest absolute Gasteiger partial charge is 0.490 e. The Morgan fingerprint density at radius 1 is 1.09 bits per heavy atom. The molecule has 0 unspecified atom stereocenters. The molecule has 0 atom stereocenters. The zero-order valence-corrected chi connectivity index (χ0v) is 21.0. The molecular formula is C26H30N2O5S. The number of amides is 1. The normalized spacial score (nSPS) is 15.9. The molecule has 0 N–H and O–H groups in total. The third-order valence-electron chi connectivity index (χ3n) is 4.85. The van der Waals surface area contributed by atoms with E-state index in [-0.39, 0.29) is 5.91 Å². The molecule has 2 aromatic rings. The number of rotatable bonds is 9. The van der Waals surface area contributed by atoms with Gasteiger partial charge in [-0.25, -0.2) is 9.79 Å². The third kappa shape index (κ3) is 6.20. The molecule has 0 saturated carbocycles. The van der Waals surface area contributed by atoms with Crippen LogP contribution in [-0.4, -0.2) is 48.8 Å². The fraction of sp³-hybridized carbons (Fsp3) is 0.346. The van der Waals surface area contributed by atoms with E-state index in [0.29, 0.717) is 58.5 Å². The van der Waals surface area contributed by atoms with Crippen LogP contribution in [0.4, 0.5) is 5.69 Å². The molecule has 0 aliphatic carbocycles. The maximum Gasteiger partial charge on any atom is 0.337 e. The van der Waals surface area contributed by atoms with Crippen LogP contribution in [0.25, 0.3) is 6.08 Å². The Balaban J connectivity index is 1.85. The zero-order valence-electron chi connectivity index (χ0n) is 20.2. The summed E-state index contributed by atoms with van der Waals surface area (Å²) in [6, 6.07) is 12.4. The Morgan fingerprint density at radius 2 is 1.82 bits per heavy atom. The first-order valence-corrected chi connectivity index (χ1v) is 12.1. The van der Waals surface area contributed by atoms with Crippen LogP contribution < -0.4 is 9.47 Å². The van der Waals surface area contributed by atoms with E-state index in [2.05, 4.69) is 18.8 Å². The van der Waals surface area contributed by atoms with Gasteiger partial charge in [-0.3, -0.25) is 9.69 Å². The Morgan fingerprint density at radius 3 is 2.44 bits per heavy atom. The summed E-state index contributed by atoms with van der Waals surface area (Å²) in [6.45, 7) is 9.62. The molecule has 1 heterocycles. The molecule has 7 nitrogen and oxygen atoms in total. The molecule has 1 saturated heterocycles. The zero-order chi connectivity index (χ0) is 24.7. The Bertz CT molecular complexity index is 1090. The number of benzene rings is 2. The number of ether oxygens (including phenoxy) is 3. The summed E-state index contributed by atoms with van der Waals surface area (Å²) < 4.78 is 16.4. The fourth-order valence-electron chi connectivity index (χ4n) is 3.18. The van der Waals surface area contributed by atoms with Crippen LogP contribution in [0.3, 0.4) is 0 Å². The van der Waals surface area contributed by atoms with Crippen molar-refractivity contribution in [3.63, 3.8) is 0 Å². The van der Waals surface area contributed by atoms with Gasteiger partial charge in [-0.05, 0) is 79.6 Å². The van der Waals surface area contributed by atoms with Gasteiger partial charge in [0.25, 0.3) is 5.91 Å². The van der Waals surface area contributed by atoms with Gasteiger partial charge in [0, 0.05) is 6.54 Å². The average Bonchev–Trinajstić information content (AvgIpc) is 3.12. The van der Waals surface area contributed by atoms with Crippen molar-refractivity contribution in [2.24, 2.45) is 10.9 Å². The highest BCUT2D eigenvalue weighted by molar-refractivity contribution is 8.18. The number of hydrogen-bond donors (Lipinski definition) is 0. The highest BCUT2D eigenvalue weighted by atomic mass is 32.2. The van der Waals surface area contributed by atoms with Gasteiger partial charge in [-0.1, -0.05) is 19.9 Å². The highest BCUT2D eigenvalue weighted by Gasteiger charge is 2.32. The number of nitrogens with zero attached hydrogens (tertiary/aromatic N) is 2. The van der Waals surface area contributed by atoms with Gasteiger partial charge in [0.1, 0.15) is 0 Å². The molecule has 0 bridgehead atoms. The van der Waals surface area contributed by atoms with Crippen molar-refractivity contribution in [1.29, 1.82) is 0 Å². The first kappa shape index (κ1) is 25.4.